The van der Waals surface area contributed by atoms with E-state index in [2.05, 4.69) is 30.9 Å². The summed E-state index contributed by atoms with van der Waals surface area (Å²) in [5.74, 6) is 1.70. The van der Waals surface area contributed by atoms with Gasteiger partial charge >= 0.3 is 0 Å². The van der Waals surface area contributed by atoms with Gasteiger partial charge in [-0.3, -0.25) is 0 Å². The summed E-state index contributed by atoms with van der Waals surface area (Å²) >= 11 is 9.41. The van der Waals surface area contributed by atoms with Crippen molar-refractivity contribution in [1.29, 1.82) is 0 Å². The molecule has 0 saturated carbocycles. The second-order valence-electron chi connectivity index (χ2n) is 4.45. The van der Waals surface area contributed by atoms with Gasteiger partial charge in [-0.2, -0.15) is 0 Å². The largest absolute Gasteiger partial charge is 0.481 e. The van der Waals surface area contributed by atoms with Gasteiger partial charge in [0.15, 0.2) is 5.65 Å². The van der Waals surface area contributed by atoms with Crippen LogP contribution in [0.1, 0.15) is 11.4 Å². The first-order chi connectivity index (χ1) is 10.2. The van der Waals surface area contributed by atoms with E-state index in [0.29, 0.717) is 18.3 Å². The minimum absolute atomic E-state index is 0.330. The molecule has 3 aromatic rings. The molecule has 7 heteroatoms. The molecule has 0 atom stereocenters. The van der Waals surface area contributed by atoms with E-state index in [1.54, 1.807) is 19.5 Å². The van der Waals surface area contributed by atoms with Crippen molar-refractivity contribution in [3.05, 3.63) is 46.5 Å². The van der Waals surface area contributed by atoms with Crippen molar-refractivity contribution >= 4 is 38.7 Å². The van der Waals surface area contributed by atoms with Crippen LogP contribution in [0.25, 0.3) is 11.2 Å². The van der Waals surface area contributed by atoms with Crippen molar-refractivity contribution < 1.29 is 4.74 Å². The Labute approximate surface area is 135 Å². The first-order valence-corrected chi connectivity index (χ1v) is 7.59. The van der Waals surface area contributed by atoms with E-state index in [9.17, 15) is 0 Å². The molecule has 3 heterocycles. The summed E-state index contributed by atoms with van der Waals surface area (Å²) in [4.78, 5) is 13.1. The van der Waals surface area contributed by atoms with Gasteiger partial charge in [0, 0.05) is 22.9 Å². The molecule has 0 aliphatic heterocycles. The maximum atomic E-state index is 6.01. The number of nitrogens with zero attached hydrogens (tertiary/aromatic N) is 4. The van der Waals surface area contributed by atoms with Crippen LogP contribution in [0.15, 0.2) is 35.1 Å². The van der Waals surface area contributed by atoms with Crippen LogP contribution in [0.5, 0.6) is 5.88 Å². The molecule has 0 aromatic carbocycles. The Bertz CT molecular complexity index is 790. The fraction of sp³-hybridized carbons (Fsp3) is 0.214. The molecule has 21 heavy (non-hydrogen) atoms. The zero-order valence-electron chi connectivity index (χ0n) is 11.3. The Kier molecular flexibility index (Phi) is 4.07. The minimum atomic E-state index is 0.330. The molecule has 3 aromatic heterocycles. The molecule has 0 amide bonds. The third-order valence-corrected chi connectivity index (χ3v) is 3.77. The molecular weight excluding hydrogens is 356 g/mol. The fourth-order valence-electron chi connectivity index (χ4n) is 2.14. The highest BCUT2D eigenvalue weighted by molar-refractivity contribution is 9.10. The number of hydrogen-bond acceptors (Lipinski definition) is 4. The number of aromatic nitrogens is 4. The van der Waals surface area contributed by atoms with Gasteiger partial charge in [-0.1, -0.05) is 0 Å². The Morgan fingerprint density at radius 1 is 1.33 bits per heavy atom. The highest BCUT2D eigenvalue weighted by atomic mass is 79.9. The normalized spacial score (nSPS) is 11.0. The van der Waals surface area contributed by atoms with E-state index in [-0.39, 0.29) is 0 Å². The van der Waals surface area contributed by atoms with Crippen LogP contribution in [-0.4, -0.2) is 26.6 Å². The molecule has 5 nitrogen and oxygen atoms in total. The third-order valence-electron chi connectivity index (χ3n) is 3.10. The average molecular weight is 368 g/mol. The van der Waals surface area contributed by atoms with E-state index in [0.717, 1.165) is 27.0 Å². The predicted octanol–water partition coefficient (Wildman–Crippen LogP) is 3.38. The zero-order valence-corrected chi connectivity index (χ0v) is 13.6. The number of rotatable bonds is 4. The zero-order chi connectivity index (χ0) is 14.8. The molecule has 0 aliphatic carbocycles. The van der Waals surface area contributed by atoms with E-state index in [4.69, 9.17) is 16.3 Å². The fourth-order valence-corrected chi connectivity index (χ4v) is 2.67. The Morgan fingerprint density at radius 2 is 2.19 bits per heavy atom. The highest BCUT2D eigenvalue weighted by Crippen LogP contribution is 2.21. The number of ether oxygens (including phenoxy) is 1. The van der Waals surface area contributed by atoms with Gasteiger partial charge in [0.2, 0.25) is 5.88 Å². The quantitative estimate of drug-likeness (QED) is 0.663. The SMILES string of the molecule is COc1cc(Cn2c(CCl)nc3cc(Br)cnc32)ccn1. The lowest BCUT2D eigenvalue weighted by Gasteiger charge is -2.08. The lowest BCUT2D eigenvalue weighted by molar-refractivity contribution is 0.397. The second kappa shape index (κ2) is 5.99. The van der Waals surface area contributed by atoms with Crippen LogP contribution in [0.2, 0.25) is 0 Å². The molecule has 0 spiro atoms. The van der Waals surface area contributed by atoms with Crippen molar-refractivity contribution in [3.8, 4) is 5.88 Å². The summed E-state index contributed by atoms with van der Waals surface area (Å²) in [5, 5.41) is 0. The number of hydrogen-bond donors (Lipinski definition) is 0. The van der Waals surface area contributed by atoms with Crippen LogP contribution < -0.4 is 4.74 Å². The Balaban J connectivity index is 2.06. The van der Waals surface area contributed by atoms with Crippen LogP contribution in [-0.2, 0) is 12.4 Å². The van der Waals surface area contributed by atoms with Crippen molar-refractivity contribution in [2.45, 2.75) is 12.4 Å². The number of fused-ring (bicyclic) bond motifs is 1. The first-order valence-electron chi connectivity index (χ1n) is 6.27. The summed E-state index contributed by atoms with van der Waals surface area (Å²) < 4.78 is 8.05. The van der Waals surface area contributed by atoms with Gasteiger partial charge in [0.25, 0.3) is 0 Å². The molecule has 0 N–H and O–H groups in total. The number of halogens is 2. The lowest BCUT2D eigenvalue weighted by Crippen LogP contribution is -2.05. The lowest BCUT2D eigenvalue weighted by atomic mass is 10.2. The van der Waals surface area contributed by atoms with Gasteiger partial charge in [-0.25, -0.2) is 15.0 Å². The smallest absolute Gasteiger partial charge is 0.213 e. The Hall–Kier alpha value is -1.66. The van der Waals surface area contributed by atoms with Crippen molar-refractivity contribution in [1.82, 2.24) is 19.5 Å². The van der Waals surface area contributed by atoms with E-state index in [1.807, 2.05) is 22.8 Å². The topological polar surface area (TPSA) is 52.8 Å². The number of alkyl halides is 1. The van der Waals surface area contributed by atoms with E-state index < -0.39 is 0 Å². The molecular formula is C14H12BrClN4O. The second-order valence-corrected chi connectivity index (χ2v) is 5.63. The van der Waals surface area contributed by atoms with Gasteiger partial charge in [0.05, 0.1) is 19.5 Å². The number of pyridine rings is 2. The molecule has 3 rings (SSSR count). The Morgan fingerprint density at radius 3 is 2.95 bits per heavy atom. The van der Waals surface area contributed by atoms with Gasteiger partial charge in [-0.15, -0.1) is 11.6 Å². The van der Waals surface area contributed by atoms with Crippen molar-refractivity contribution in [3.63, 3.8) is 0 Å². The van der Waals surface area contributed by atoms with Crippen LogP contribution in [0.4, 0.5) is 0 Å². The van der Waals surface area contributed by atoms with Gasteiger partial charge in [-0.05, 0) is 33.6 Å². The van der Waals surface area contributed by atoms with Crippen LogP contribution in [0, 0.1) is 0 Å². The van der Waals surface area contributed by atoms with Crippen molar-refractivity contribution in [2.75, 3.05) is 7.11 Å². The molecule has 0 bridgehead atoms. The maximum Gasteiger partial charge on any atom is 0.213 e. The first kappa shape index (κ1) is 14.3. The number of methoxy groups -OCH3 is 1. The molecule has 0 unspecified atom stereocenters. The monoisotopic (exact) mass is 366 g/mol. The van der Waals surface area contributed by atoms with E-state index in [1.165, 1.54) is 0 Å². The minimum Gasteiger partial charge on any atom is -0.481 e. The third kappa shape index (κ3) is 2.87. The summed E-state index contributed by atoms with van der Waals surface area (Å²) in [6, 6.07) is 5.76. The molecule has 0 aliphatic rings. The predicted molar refractivity (Wildman–Crippen MR) is 84.7 cm³/mol. The van der Waals surface area contributed by atoms with E-state index >= 15 is 0 Å². The van der Waals surface area contributed by atoms with Gasteiger partial charge in [0.1, 0.15) is 11.3 Å². The summed E-state index contributed by atoms with van der Waals surface area (Å²) in [6.07, 6.45) is 3.48. The van der Waals surface area contributed by atoms with Gasteiger partial charge < -0.3 is 9.30 Å². The molecule has 0 fully saturated rings. The molecule has 108 valence electrons. The summed E-state index contributed by atoms with van der Waals surface area (Å²) in [5.41, 5.74) is 2.68. The summed E-state index contributed by atoms with van der Waals surface area (Å²) in [6.45, 7) is 0.617. The standard InChI is InChI=1S/C14H12BrClN4O/c1-21-13-4-9(2-3-17-13)8-20-12(6-16)19-11-5-10(15)7-18-14(11)20/h2-5,7H,6,8H2,1H3. The highest BCUT2D eigenvalue weighted by Gasteiger charge is 2.12. The molecule has 0 saturated heterocycles. The van der Waals surface area contributed by atoms with Crippen molar-refractivity contribution in [2.24, 2.45) is 0 Å². The van der Waals surface area contributed by atoms with Crippen LogP contribution >= 0.6 is 27.5 Å². The molecule has 0 radical (unpaired) electrons. The average Bonchev–Trinajstić information content (AvgIpc) is 2.84. The number of imidazole rings is 1. The maximum absolute atomic E-state index is 6.01. The summed E-state index contributed by atoms with van der Waals surface area (Å²) in [7, 11) is 1.60. The van der Waals surface area contributed by atoms with Crippen LogP contribution in [0.3, 0.4) is 0 Å².